The Bertz CT molecular complexity index is 573. The van der Waals surface area contributed by atoms with E-state index in [-0.39, 0.29) is 6.61 Å². The Morgan fingerprint density at radius 3 is 2.35 bits per heavy atom. The third kappa shape index (κ3) is 3.52. The second-order valence-corrected chi connectivity index (χ2v) is 5.40. The molecule has 0 amide bonds. The molecule has 7 heteroatoms. The summed E-state index contributed by atoms with van der Waals surface area (Å²) in [6.45, 7) is 2.62. The minimum Gasteiger partial charge on any atom is -0.463 e. The first-order valence-corrected chi connectivity index (χ1v) is 7.36. The molecule has 0 N–H and O–H groups in total. The van der Waals surface area contributed by atoms with Crippen LogP contribution in [-0.4, -0.2) is 43.1 Å². The number of fused-ring (bicyclic) bond motifs is 1. The Kier molecular flexibility index (Phi) is 4.61. The molecule has 2 fully saturated rings. The van der Waals surface area contributed by atoms with Gasteiger partial charge in [-0.25, -0.2) is 0 Å². The molecule has 2 aliphatic rings. The Morgan fingerprint density at radius 2 is 1.70 bits per heavy atom. The van der Waals surface area contributed by atoms with Gasteiger partial charge in [0.25, 0.3) is 0 Å². The van der Waals surface area contributed by atoms with Gasteiger partial charge in [0.05, 0.1) is 0 Å². The van der Waals surface area contributed by atoms with Crippen LogP contribution in [0.2, 0.25) is 0 Å². The van der Waals surface area contributed by atoms with E-state index in [9.17, 15) is 9.59 Å². The van der Waals surface area contributed by atoms with Gasteiger partial charge in [0.1, 0.15) is 18.8 Å². The van der Waals surface area contributed by atoms with E-state index >= 15 is 0 Å². The lowest BCUT2D eigenvalue weighted by Gasteiger charge is -2.19. The van der Waals surface area contributed by atoms with Crippen molar-refractivity contribution in [3.8, 4) is 0 Å². The Labute approximate surface area is 133 Å². The quantitative estimate of drug-likeness (QED) is 0.773. The monoisotopic (exact) mass is 322 g/mol. The van der Waals surface area contributed by atoms with Gasteiger partial charge in [0, 0.05) is 19.4 Å². The molecule has 0 aliphatic carbocycles. The Balaban J connectivity index is 1.73. The van der Waals surface area contributed by atoms with E-state index in [0.717, 1.165) is 5.56 Å². The second-order valence-electron chi connectivity index (χ2n) is 5.40. The third-order valence-corrected chi connectivity index (χ3v) is 3.63. The average molecular weight is 322 g/mol. The first-order chi connectivity index (χ1) is 11.0. The molecule has 1 aromatic rings. The lowest BCUT2D eigenvalue weighted by molar-refractivity contribution is -0.213. The van der Waals surface area contributed by atoms with Gasteiger partial charge in [-0.05, 0) is 0 Å². The first-order valence-electron chi connectivity index (χ1n) is 7.36. The summed E-state index contributed by atoms with van der Waals surface area (Å²) < 4.78 is 27.5. The number of hydrogen-bond donors (Lipinski definition) is 0. The van der Waals surface area contributed by atoms with Crippen LogP contribution in [0.25, 0.3) is 0 Å². The lowest BCUT2D eigenvalue weighted by Crippen LogP contribution is -2.33. The van der Waals surface area contributed by atoms with Crippen molar-refractivity contribution in [1.82, 2.24) is 0 Å². The number of esters is 2. The Hall–Kier alpha value is -1.96. The summed E-state index contributed by atoms with van der Waals surface area (Å²) in [6.07, 6.45) is -3.06. The molecule has 0 spiro atoms. The van der Waals surface area contributed by atoms with Crippen molar-refractivity contribution in [1.29, 1.82) is 0 Å². The molecule has 5 atom stereocenters. The molecule has 23 heavy (non-hydrogen) atoms. The molecule has 0 unspecified atom stereocenters. The first kappa shape index (κ1) is 15.9. The number of rotatable bonds is 4. The summed E-state index contributed by atoms with van der Waals surface area (Å²) in [5.41, 5.74) is 0.856. The van der Waals surface area contributed by atoms with Gasteiger partial charge in [0.15, 0.2) is 12.4 Å². The minimum atomic E-state index is -0.883. The summed E-state index contributed by atoms with van der Waals surface area (Å²) in [6, 6.07) is 9.43. The summed E-state index contributed by atoms with van der Waals surface area (Å²) in [5.74, 6) is -0.895. The summed E-state index contributed by atoms with van der Waals surface area (Å²) in [7, 11) is 0. The highest BCUT2D eigenvalue weighted by atomic mass is 16.8. The van der Waals surface area contributed by atoms with Crippen molar-refractivity contribution >= 4 is 11.9 Å². The van der Waals surface area contributed by atoms with Crippen molar-refractivity contribution in [2.24, 2.45) is 0 Å². The summed E-state index contributed by atoms with van der Waals surface area (Å²) >= 11 is 0. The minimum absolute atomic E-state index is 0.0130. The highest BCUT2D eigenvalue weighted by Gasteiger charge is 2.54. The smallest absolute Gasteiger partial charge is 0.305 e. The van der Waals surface area contributed by atoms with Crippen molar-refractivity contribution < 1.29 is 33.3 Å². The zero-order valence-corrected chi connectivity index (χ0v) is 12.8. The van der Waals surface area contributed by atoms with E-state index in [4.69, 9.17) is 23.7 Å². The molecule has 1 aromatic carbocycles. The summed E-state index contributed by atoms with van der Waals surface area (Å²) in [5, 5.41) is 0. The van der Waals surface area contributed by atoms with Crippen LogP contribution in [0.4, 0.5) is 0 Å². The zero-order chi connectivity index (χ0) is 16.4. The fraction of sp³-hybridized carbons (Fsp3) is 0.500. The van der Waals surface area contributed by atoms with Crippen LogP contribution < -0.4 is 0 Å². The molecule has 0 saturated carbocycles. The average Bonchev–Trinajstić information content (AvgIpc) is 3.07. The highest BCUT2D eigenvalue weighted by molar-refractivity contribution is 5.66. The van der Waals surface area contributed by atoms with Crippen molar-refractivity contribution in [2.75, 3.05) is 6.61 Å². The molecule has 2 heterocycles. The van der Waals surface area contributed by atoms with Gasteiger partial charge < -0.3 is 23.7 Å². The van der Waals surface area contributed by atoms with E-state index < -0.39 is 42.8 Å². The van der Waals surface area contributed by atoms with Gasteiger partial charge in [-0.15, -0.1) is 0 Å². The number of benzene rings is 1. The van der Waals surface area contributed by atoms with E-state index in [0.29, 0.717) is 0 Å². The molecule has 2 saturated heterocycles. The lowest BCUT2D eigenvalue weighted by atomic mass is 10.1. The highest BCUT2D eigenvalue weighted by Crippen LogP contribution is 2.40. The van der Waals surface area contributed by atoms with E-state index in [2.05, 4.69) is 0 Å². The van der Waals surface area contributed by atoms with Crippen LogP contribution in [0, 0.1) is 0 Å². The molecular formula is C16H18O7. The van der Waals surface area contributed by atoms with Crippen LogP contribution in [0.5, 0.6) is 0 Å². The predicted molar refractivity (Wildman–Crippen MR) is 76.0 cm³/mol. The maximum absolute atomic E-state index is 11.2. The van der Waals surface area contributed by atoms with E-state index in [1.165, 1.54) is 13.8 Å². The fourth-order valence-electron chi connectivity index (χ4n) is 2.68. The van der Waals surface area contributed by atoms with Crippen molar-refractivity contribution in [2.45, 2.75) is 44.7 Å². The fourth-order valence-corrected chi connectivity index (χ4v) is 2.68. The number of ether oxygens (including phenoxy) is 5. The second kappa shape index (κ2) is 6.66. The van der Waals surface area contributed by atoms with Crippen LogP contribution in [0.3, 0.4) is 0 Å². The molecule has 124 valence electrons. The molecule has 7 nitrogen and oxygen atoms in total. The largest absolute Gasteiger partial charge is 0.463 e. The standard InChI is InChI=1S/C16H18O7/c1-9(17)19-8-12-13-14(16(21-12)20-10(2)18)23-15(22-13)11-6-4-3-5-7-11/h3-7,12-16H,8H2,1-2H3/t12-,13-,14-,15+,16-/m0/s1. The number of carbonyl (C=O) groups is 2. The van der Waals surface area contributed by atoms with Gasteiger partial charge in [-0.3, -0.25) is 9.59 Å². The van der Waals surface area contributed by atoms with Crippen molar-refractivity contribution in [3.63, 3.8) is 0 Å². The molecule has 0 aromatic heterocycles. The van der Waals surface area contributed by atoms with Gasteiger partial charge in [-0.2, -0.15) is 0 Å². The topological polar surface area (TPSA) is 80.3 Å². The third-order valence-electron chi connectivity index (χ3n) is 3.63. The van der Waals surface area contributed by atoms with E-state index in [1.54, 1.807) is 0 Å². The van der Waals surface area contributed by atoms with Crippen LogP contribution in [0.1, 0.15) is 25.7 Å². The molecule has 2 aliphatic heterocycles. The molecule has 0 bridgehead atoms. The van der Waals surface area contributed by atoms with Gasteiger partial charge in [-0.1, -0.05) is 30.3 Å². The molecule has 0 radical (unpaired) electrons. The van der Waals surface area contributed by atoms with Gasteiger partial charge >= 0.3 is 11.9 Å². The number of hydrogen-bond acceptors (Lipinski definition) is 7. The van der Waals surface area contributed by atoms with E-state index in [1.807, 2.05) is 30.3 Å². The normalized spacial score (nSPS) is 32.3. The maximum atomic E-state index is 11.2. The summed E-state index contributed by atoms with van der Waals surface area (Å²) in [4.78, 5) is 22.2. The van der Waals surface area contributed by atoms with Crippen LogP contribution in [0.15, 0.2) is 30.3 Å². The van der Waals surface area contributed by atoms with Crippen LogP contribution in [-0.2, 0) is 33.3 Å². The van der Waals surface area contributed by atoms with Crippen LogP contribution >= 0.6 is 0 Å². The SMILES string of the molecule is CC(=O)OC[C@@H]1O[C@H](OC(C)=O)[C@H]2O[C@H](c3ccccc3)O[C@H]21. The molecular weight excluding hydrogens is 304 g/mol. The zero-order valence-electron chi connectivity index (χ0n) is 12.8. The Morgan fingerprint density at radius 1 is 1.00 bits per heavy atom. The van der Waals surface area contributed by atoms with Crippen molar-refractivity contribution in [3.05, 3.63) is 35.9 Å². The predicted octanol–water partition coefficient (Wildman–Crippen LogP) is 1.32. The number of carbonyl (C=O) groups excluding carboxylic acids is 2. The maximum Gasteiger partial charge on any atom is 0.305 e. The molecule has 3 rings (SSSR count). The van der Waals surface area contributed by atoms with Gasteiger partial charge in [0.2, 0.25) is 6.29 Å².